The summed E-state index contributed by atoms with van der Waals surface area (Å²) < 4.78 is 0. The number of nitro groups is 1. The van der Waals surface area contributed by atoms with E-state index in [-0.39, 0.29) is 23.2 Å². The van der Waals surface area contributed by atoms with Gasteiger partial charge in [-0.15, -0.1) is 0 Å². The van der Waals surface area contributed by atoms with Crippen LogP contribution in [0.2, 0.25) is 0 Å². The van der Waals surface area contributed by atoms with Crippen molar-refractivity contribution >= 4 is 29.1 Å². The minimum absolute atomic E-state index is 0.0141. The van der Waals surface area contributed by atoms with E-state index in [1.807, 2.05) is 12.1 Å². The lowest BCUT2D eigenvalue weighted by Gasteiger charge is -2.25. The van der Waals surface area contributed by atoms with Crippen LogP contribution < -0.4 is 5.32 Å². The highest BCUT2D eigenvalue weighted by Gasteiger charge is 2.42. The molecule has 1 aliphatic heterocycles. The van der Waals surface area contributed by atoms with Crippen LogP contribution in [0.3, 0.4) is 0 Å². The number of nitrogens with one attached hydrogen (secondary N) is 1. The molecule has 1 heterocycles. The molecule has 0 aliphatic carbocycles. The van der Waals surface area contributed by atoms with Crippen molar-refractivity contribution in [2.24, 2.45) is 0 Å². The molecule has 8 nitrogen and oxygen atoms in total. The van der Waals surface area contributed by atoms with Gasteiger partial charge in [0.15, 0.2) is 0 Å². The van der Waals surface area contributed by atoms with Crippen molar-refractivity contribution in [3.63, 3.8) is 0 Å². The Bertz CT molecular complexity index is 1250. The summed E-state index contributed by atoms with van der Waals surface area (Å²) in [7, 11) is 0. The van der Waals surface area contributed by atoms with Crippen molar-refractivity contribution in [1.29, 1.82) is 0 Å². The Morgan fingerprint density at radius 1 is 0.943 bits per heavy atom. The highest BCUT2D eigenvalue weighted by molar-refractivity contribution is 6.23. The molecule has 4 rings (SSSR count). The molecule has 0 spiro atoms. The molecule has 8 heteroatoms. The summed E-state index contributed by atoms with van der Waals surface area (Å²) in [5, 5.41) is 13.8. The minimum atomic E-state index is -1.14. The smallest absolute Gasteiger partial charge is 0.269 e. The highest BCUT2D eigenvalue weighted by Crippen LogP contribution is 2.27. The number of amides is 3. The van der Waals surface area contributed by atoms with Gasteiger partial charge < -0.3 is 5.32 Å². The van der Waals surface area contributed by atoms with Gasteiger partial charge in [-0.3, -0.25) is 29.4 Å². The fourth-order valence-electron chi connectivity index (χ4n) is 4.13. The molecule has 0 aromatic heterocycles. The number of nitrogens with zero attached hydrogens (tertiary/aromatic N) is 2. The zero-order valence-electron chi connectivity index (χ0n) is 19.4. The van der Waals surface area contributed by atoms with Crippen LogP contribution in [-0.2, 0) is 11.2 Å². The number of hydrogen-bond acceptors (Lipinski definition) is 5. The van der Waals surface area contributed by atoms with Crippen LogP contribution >= 0.6 is 0 Å². The van der Waals surface area contributed by atoms with Crippen molar-refractivity contribution in [2.75, 3.05) is 5.32 Å². The Morgan fingerprint density at radius 3 is 2.03 bits per heavy atom. The van der Waals surface area contributed by atoms with Gasteiger partial charge in [0.25, 0.3) is 17.5 Å². The summed E-state index contributed by atoms with van der Waals surface area (Å²) in [4.78, 5) is 51.2. The number of fused-ring (bicyclic) bond motifs is 1. The first-order valence-electron chi connectivity index (χ1n) is 11.4. The Labute approximate surface area is 202 Å². The van der Waals surface area contributed by atoms with Crippen LogP contribution in [0.4, 0.5) is 11.4 Å². The fourth-order valence-corrected chi connectivity index (χ4v) is 4.13. The van der Waals surface area contributed by atoms with Crippen LogP contribution in [0.15, 0.2) is 72.8 Å². The monoisotopic (exact) mass is 471 g/mol. The van der Waals surface area contributed by atoms with Gasteiger partial charge in [-0.2, -0.15) is 0 Å². The van der Waals surface area contributed by atoms with Crippen molar-refractivity contribution < 1.29 is 19.3 Å². The predicted molar refractivity (Wildman–Crippen MR) is 131 cm³/mol. The first-order valence-corrected chi connectivity index (χ1v) is 11.4. The molecule has 3 aromatic carbocycles. The largest absolute Gasteiger partial charge is 0.324 e. The number of carbonyl (C=O) groups is 3. The highest BCUT2D eigenvalue weighted by atomic mass is 16.6. The van der Waals surface area contributed by atoms with Gasteiger partial charge in [-0.1, -0.05) is 50.2 Å². The fraction of sp³-hybridized carbons (Fsp3) is 0.222. The molecule has 0 bridgehead atoms. The van der Waals surface area contributed by atoms with E-state index >= 15 is 0 Å². The number of carbonyl (C=O) groups excluding carboxylic acids is 3. The first-order chi connectivity index (χ1) is 16.8. The van der Waals surface area contributed by atoms with E-state index in [0.29, 0.717) is 17.2 Å². The third-order valence-corrected chi connectivity index (χ3v) is 6.38. The third kappa shape index (κ3) is 4.82. The van der Waals surface area contributed by atoms with E-state index in [1.54, 1.807) is 36.4 Å². The van der Waals surface area contributed by atoms with E-state index in [9.17, 15) is 24.5 Å². The summed E-state index contributed by atoms with van der Waals surface area (Å²) in [5.41, 5.74) is 2.69. The van der Waals surface area contributed by atoms with Crippen LogP contribution in [0.25, 0.3) is 0 Å². The average Bonchev–Trinajstić information content (AvgIpc) is 3.12. The quantitative estimate of drug-likeness (QED) is 0.284. The lowest BCUT2D eigenvalue weighted by molar-refractivity contribution is -0.384. The molecule has 3 aromatic rings. The number of nitro benzene ring substituents is 1. The molecule has 1 N–H and O–H groups in total. The van der Waals surface area contributed by atoms with Gasteiger partial charge in [0.1, 0.15) is 6.04 Å². The number of hydrogen-bond donors (Lipinski definition) is 1. The van der Waals surface area contributed by atoms with Gasteiger partial charge in [-0.25, -0.2) is 0 Å². The van der Waals surface area contributed by atoms with Crippen molar-refractivity contribution in [3.8, 4) is 0 Å². The number of rotatable bonds is 8. The Hall–Kier alpha value is -4.33. The molecule has 2 atom stereocenters. The van der Waals surface area contributed by atoms with Gasteiger partial charge in [0, 0.05) is 24.2 Å². The van der Waals surface area contributed by atoms with Crippen molar-refractivity contribution in [1.82, 2.24) is 4.90 Å². The van der Waals surface area contributed by atoms with E-state index in [0.717, 1.165) is 16.9 Å². The number of imide groups is 1. The molecule has 1 aliphatic rings. The predicted octanol–water partition coefficient (Wildman–Crippen LogP) is 4.95. The van der Waals surface area contributed by atoms with Gasteiger partial charge in [0.2, 0.25) is 5.91 Å². The second-order valence-electron chi connectivity index (χ2n) is 8.59. The molecule has 178 valence electrons. The normalized spacial score (nSPS) is 14.4. The summed E-state index contributed by atoms with van der Waals surface area (Å²) >= 11 is 0. The molecule has 0 radical (unpaired) electrons. The van der Waals surface area contributed by atoms with Crippen LogP contribution in [-0.4, -0.2) is 33.6 Å². The van der Waals surface area contributed by atoms with Crippen LogP contribution in [0, 0.1) is 10.1 Å². The summed E-state index contributed by atoms with van der Waals surface area (Å²) in [5.74, 6) is -1.22. The second kappa shape index (κ2) is 9.89. The van der Waals surface area contributed by atoms with E-state index < -0.39 is 28.7 Å². The molecule has 2 unspecified atom stereocenters. The molecule has 35 heavy (non-hydrogen) atoms. The molecule has 0 saturated carbocycles. The maximum Gasteiger partial charge on any atom is 0.269 e. The zero-order chi connectivity index (χ0) is 25.1. The molecule has 0 saturated heterocycles. The lowest BCUT2D eigenvalue weighted by Crippen LogP contribution is -2.48. The number of non-ortho nitro benzene ring substituents is 1. The van der Waals surface area contributed by atoms with E-state index in [1.165, 1.54) is 24.3 Å². The second-order valence-corrected chi connectivity index (χ2v) is 8.59. The van der Waals surface area contributed by atoms with E-state index in [4.69, 9.17) is 0 Å². The van der Waals surface area contributed by atoms with Gasteiger partial charge >= 0.3 is 0 Å². The molecular formula is C27H25N3O5. The number of benzene rings is 3. The van der Waals surface area contributed by atoms with Crippen molar-refractivity contribution in [2.45, 2.75) is 38.6 Å². The van der Waals surface area contributed by atoms with Crippen molar-refractivity contribution in [3.05, 3.63) is 105 Å². The molecule has 0 fully saturated rings. The van der Waals surface area contributed by atoms with Crippen LogP contribution in [0.5, 0.6) is 0 Å². The standard InChI is InChI=1S/C27H25N3O5/c1-3-17(2)19-10-12-20(13-11-19)28-25(31)24(16-18-8-14-21(15-9-18)30(34)35)29-26(32)22-6-4-5-7-23(22)27(29)33/h4-15,17,24H,3,16H2,1-2H3,(H,28,31). The first kappa shape index (κ1) is 23.8. The van der Waals surface area contributed by atoms with Gasteiger partial charge in [0.05, 0.1) is 16.1 Å². The molecular weight excluding hydrogens is 446 g/mol. The van der Waals surface area contributed by atoms with Crippen LogP contribution in [0.1, 0.15) is 58.0 Å². The summed E-state index contributed by atoms with van der Waals surface area (Å²) in [6.07, 6.45) is 1.00. The van der Waals surface area contributed by atoms with Gasteiger partial charge in [-0.05, 0) is 47.7 Å². The Morgan fingerprint density at radius 2 is 1.51 bits per heavy atom. The summed E-state index contributed by atoms with van der Waals surface area (Å²) in [6, 6.07) is 18.5. The third-order valence-electron chi connectivity index (χ3n) is 6.38. The minimum Gasteiger partial charge on any atom is -0.324 e. The Balaban J connectivity index is 1.63. The number of anilines is 1. The maximum atomic E-state index is 13.4. The van der Waals surface area contributed by atoms with E-state index in [2.05, 4.69) is 19.2 Å². The summed E-state index contributed by atoms with van der Waals surface area (Å²) in [6.45, 7) is 4.22. The molecule has 3 amide bonds. The zero-order valence-corrected chi connectivity index (χ0v) is 19.4. The topological polar surface area (TPSA) is 110 Å². The average molecular weight is 472 g/mol. The maximum absolute atomic E-state index is 13.4. The lowest BCUT2D eigenvalue weighted by atomic mass is 9.98. The SMILES string of the molecule is CCC(C)c1ccc(NC(=O)C(Cc2ccc([N+](=O)[O-])cc2)N2C(=O)c3ccccc3C2=O)cc1. The Kier molecular flexibility index (Phi) is 6.73.